The Morgan fingerprint density at radius 2 is 2.36 bits per heavy atom. The zero-order valence-corrected chi connectivity index (χ0v) is 14.1. The van der Waals surface area contributed by atoms with Gasteiger partial charge in [-0.25, -0.2) is 0 Å². The molecule has 0 bridgehead atoms. The number of hydrogen-bond acceptors (Lipinski definition) is 5. The first-order chi connectivity index (χ1) is 10.6. The monoisotopic (exact) mass is 324 g/mol. The van der Waals surface area contributed by atoms with Gasteiger partial charge in [-0.1, -0.05) is 0 Å². The highest BCUT2D eigenvalue weighted by molar-refractivity contribution is 7.07. The summed E-state index contributed by atoms with van der Waals surface area (Å²) in [6, 6.07) is 2.60. The average molecular weight is 324 g/mol. The highest BCUT2D eigenvalue weighted by Gasteiger charge is 2.43. The lowest BCUT2D eigenvalue weighted by Gasteiger charge is -2.39. The number of carbonyl (C=O) groups is 1. The minimum atomic E-state index is 0.00869. The van der Waals surface area contributed by atoms with Gasteiger partial charge >= 0.3 is 0 Å². The number of morpholine rings is 1. The van der Waals surface area contributed by atoms with Crippen LogP contribution in [0.3, 0.4) is 0 Å². The lowest BCUT2D eigenvalue weighted by atomic mass is 10.1. The minimum absolute atomic E-state index is 0.00869. The molecule has 2 aliphatic rings. The minimum Gasteiger partial charge on any atom is -0.373 e. The Bertz CT molecular complexity index is 492. The lowest BCUT2D eigenvalue weighted by Crippen LogP contribution is -2.51. The van der Waals surface area contributed by atoms with Crippen LogP contribution in [0.5, 0.6) is 0 Å². The molecule has 0 spiro atoms. The molecule has 3 rings (SSSR count). The molecule has 0 N–H and O–H groups in total. The summed E-state index contributed by atoms with van der Waals surface area (Å²) in [5, 5.41) is 4.34. The van der Waals surface area contributed by atoms with Crippen LogP contribution in [0.15, 0.2) is 16.8 Å². The van der Waals surface area contributed by atoms with Crippen LogP contribution in [-0.2, 0) is 20.8 Å². The summed E-state index contributed by atoms with van der Waals surface area (Å²) >= 11 is 1.74. The zero-order chi connectivity index (χ0) is 15.5. The smallest absolute Gasteiger partial charge is 0.248 e. The number of ether oxygens (including phenoxy) is 2. The van der Waals surface area contributed by atoms with Crippen LogP contribution in [-0.4, -0.2) is 67.8 Å². The average Bonchev–Trinajstić information content (AvgIpc) is 3.14. The van der Waals surface area contributed by atoms with Gasteiger partial charge < -0.3 is 14.4 Å². The number of carbonyl (C=O) groups excluding carboxylic acids is 1. The molecule has 6 heteroatoms. The van der Waals surface area contributed by atoms with Gasteiger partial charge in [0.15, 0.2) is 0 Å². The Balaban J connectivity index is 1.57. The first-order valence-electron chi connectivity index (χ1n) is 7.83. The van der Waals surface area contributed by atoms with Gasteiger partial charge in [-0.3, -0.25) is 9.69 Å². The number of likely N-dealkylation sites (N-methyl/N-ethyl adjacent to an activating group) is 1. The number of hydrogen-bond donors (Lipinski definition) is 0. The second-order valence-corrected chi connectivity index (χ2v) is 7.00. The highest BCUT2D eigenvalue weighted by Crippen LogP contribution is 2.33. The molecular weight excluding hydrogens is 300 g/mol. The van der Waals surface area contributed by atoms with Gasteiger partial charge in [-0.15, -0.1) is 0 Å². The van der Waals surface area contributed by atoms with E-state index in [9.17, 15) is 4.79 Å². The predicted octanol–water partition coefficient (Wildman–Crippen LogP) is 1.58. The van der Waals surface area contributed by atoms with Crippen LogP contribution in [0.25, 0.3) is 0 Å². The van der Waals surface area contributed by atoms with Crippen molar-refractivity contribution >= 4 is 17.2 Å². The Labute approximate surface area is 135 Å². The zero-order valence-electron chi connectivity index (χ0n) is 13.2. The fraction of sp³-hybridized carbons (Fsp3) is 0.688. The van der Waals surface area contributed by atoms with E-state index in [1.807, 2.05) is 0 Å². The standard InChI is InChI=1S/C16H24N2O3S/c1-17(2)15(19)10-21-14-4-3-13-16(14)20-7-6-18(13)9-12-5-8-22-11-12/h5,8,11,13-14,16H,3-4,6-7,9-10H2,1-2H3/t13-,14+,16+/m0/s1. The number of thiophene rings is 1. The van der Waals surface area contributed by atoms with Crippen molar-refractivity contribution in [2.45, 2.75) is 37.6 Å². The first-order valence-corrected chi connectivity index (χ1v) is 8.78. The van der Waals surface area contributed by atoms with E-state index in [1.165, 1.54) is 5.56 Å². The molecule has 0 unspecified atom stereocenters. The van der Waals surface area contributed by atoms with Gasteiger partial charge in [0, 0.05) is 33.2 Å². The van der Waals surface area contributed by atoms with Crippen molar-refractivity contribution in [1.82, 2.24) is 9.80 Å². The van der Waals surface area contributed by atoms with E-state index in [2.05, 4.69) is 21.7 Å². The molecule has 2 heterocycles. The van der Waals surface area contributed by atoms with Crippen molar-refractivity contribution in [2.75, 3.05) is 33.9 Å². The normalized spacial score (nSPS) is 28.5. The second-order valence-electron chi connectivity index (χ2n) is 6.22. The van der Waals surface area contributed by atoms with Crippen molar-refractivity contribution in [3.63, 3.8) is 0 Å². The molecule has 1 aliphatic carbocycles. The summed E-state index contributed by atoms with van der Waals surface area (Å²) in [5.74, 6) is 0.00869. The fourth-order valence-electron chi connectivity index (χ4n) is 3.29. The third kappa shape index (κ3) is 3.51. The Hall–Kier alpha value is -0.950. The van der Waals surface area contributed by atoms with Crippen LogP contribution >= 0.6 is 11.3 Å². The largest absolute Gasteiger partial charge is 0.373 e. The number of amides is 1. The molecule has 1 aromatic rings. The fourth-order valence-corrected chi connectivity index (χ4v) is 3.95. The molecule has 1 saturated carbocycles. The lowest BCUT2D eigenvalue weighted by molar-refractivity contribution is -0.144. The van der Waals surface area contributed by atoms with Gasteiger partial charge in [-0.2, -0.15) is 11.3 Å². The van der Waals surface area contributed by atoms with Crippen LogP contribution in [0, 0.1) is 0 Å². The van der Waals surface area contributed by atoms with E-state index in [-0.39, 0.29) is 24.7 Å². The second kappa shape index (κ2) is 7.08. The Morgan fingerprint density at radius 3 is 3.09 bits per heavy atom. The van der Waals surface area contributed by atoms with Gasteiger partial charge in [0.2, 0.25) is 5.91 Å². The molecular formula is C16H24N2O3S. The summed E-state index contributed by atoms with van der Waals surface area (Å²) in [6.45, 7) is 2.85. The summed E-state index contributed by atoms with van der Waals surface area (Å²) in [4.78, 5) is 15.8. The van der Waals surface area contributed by atoms with Gasteiger partial charge in [0.05, 0.1) is 18.8 Å². The molecule has 1 aromatic heterocycles. The van der Waals surface area contributed by atoms with Gasteiger partial charge in [0.25, 0.3) is 0 Å². The summed E-state index contributed by atoms with van der Waals surface area (Å²) in [5.41, 5.74) is 1.37. The van der Waals surface area contributed by atoms with Crippen LogP contribution in [0.4, 0.5) is 0 Å². The molecule has 1 saturated heterocycles. The third-order valence-corrected chi connectivity index (χ3v) is 5.27. The molecule has 1 aliphatic heterocycles. The Kier molecular flexibility index (Phi) is 5.13. The molecule has 0 radical (unpaired) electrons. The highest BCUT2D eigenvalue weighted by atomic mass is 32.1. The number of rotatable bonds is 5. The summed E-state index contributed by atoms with van der Waals surface area (Å²) < 4.78 is 11.8. The quantitative estimate of drug-likeness (QED) is 0.825. The maximum atomic E-state index is 11.7. The maximum Gasteiger partial charge on any atom is 0.248 e. The third-order valence-electron chi connectivity index (χ3n) is 4.54. The summed E-state index contributed by atoms with van der Waals surface area (Å²) in [6.07, 6.45) is 2.19. The molecule has 1 amide bonds. The molecule has 2 fully saturated rings. The van der Waals surface area contributed by atoms with Crippen molar-refractivity contribution in [1.29, 1.82) is 0 Å². The van der Waals surface area contributed by atoms with Crippen molar-refractivity contribution in [3.8, 4) is 0 Å². The van der Waals surface area contributed by atoms with E-state index in [4.69, 9.17) is 9.47 Å². The number of nitrogens with zero attached hydrogens (tertiary/aromatic N) is 2. The molecule has 0 aromatic carbocycles. The first kappa shape index (κ1) is 15.9. The van der Waals surface area contributed by atoms with Crippen LogP contribution < -0.4 is 0 Å². The SMILES string of the molecule is CN(C)C(=O)CO[C@@H]1CC[C@H]2[C@H]1OCCN2Cc1ccsc1. The maximum absolute atomic E-state index is 11.7. The van der Waals surface area contributed by atoms with E-state index in [0.717, 1.165) is 32.5 Å². The number of fused-ring (bicyclic) bond motifs is 1. The van der Waals surface area contributed by atoms with Gasteiger partial charge in [0.1, 0.15) is 6.61 Å². The summed E-state index contributed by atoms with van der Waals surface area (Å²) in [7, 11) is 3.51. The molecule has 22 heavy (non-hydrogen) atoms. The molecule has 122 valence electrons. The van der Waals surface area contributed by atoms with E-state index < -0.39 is 0 Å². The van der Waals surface area contributed by atoms with Crippen LogP contribution in [0.2, 0.25) is 0 Å². The Morgan fingerprint density at radius 1 is 1.50 bits per heavy atom. The molecule has 3 atom stereocenters. The van der Waals surface area contributed by atoms with Crippen molar-refractivity contribution < 1.29 is 14.3 Å². The van der Waals surface area contributed by atoms with Crippen molar-refractivity contribution in [3.05, 3.63) is 22.4 Å². The topological polar surface area (TPSA) is 42.0 Å². The molecule has 5 nitrogen and oxygen atoms in total. The van der Waals surface area contributed by atoms with Gasteiger partial charge in [-0.05, 0) is 35.2 Å². The van der Waals surface area contributed by atoms with Crippen molar-refractivity contribution in [2.24, 2.45) is 0 Å². The van der Waals surface area contributed by atoms with Crippen LogP contribution in [0.1, 0.15) is 18.4 Å². The predicted molar refractivity (Wildman–Crippen MR) is 85.9 cm³/mol. The van der Waals surface area contributed by atoms with E-state index in [0.29, 0.717) is 6.04 Å². The van der Waals surface area contributed by atoms with E-state index >= 15 is 0 Å². The van der Waals surface area contributed by atoms with E-state index in [1.54, 1.807) is 30.3 Å².